The third-order valence-electron chi connectivity index (χ3n) is 5.33. The van der Waals surface area contributed by atoms with Crippen molar-refractivity contribution in [1.82, 2.24) is 19.8 Å². The molecule has 1 unspecified atom stereocenters. The fraction of sp³-hybridized carbons (Fsp3) is 0.650. The van der Waals surface area contributed by atoms with Crippen LogP contribution in [-0.4, -0.2) is 82.6 Å². The zero-order valence-electron chi connectivity index (χ0n) is 17.4. The number of nitrogens with zero attached hydrogens (tertiary/aromatic N) is 3. The molecule has 1 atom stereocenters. The summed E-state index contributed by atoms with van der Waals surface area (Å²) in [5.74, 6) is 0.676. The van der Waals surface area contributed by atoms with E-state index < -0.39 is 10.0 Å². The van der Waals surface area contributed by atoms with E-state index in [9.17, 15) is 8.42 Å². The molecule has 0 aromatic heterocycles. The van der Waals surface area contributed by atoms with Crippen LogP contribution in [0.4, 0.5) is 0 Å². The fourth-order valence-electron chi connectivity index (χ4n) is 3.58. The van der Waals surface area contributed by atoms with Gasteiger partial charge < -0.3 is 20.3 Å². The van der Waals surface area contributed by atoms with Crippen LogP contribution in [0, 0.1) is 0 Å². The maximum absolute atomic E-state index is 13.2. The van der Waals surface area contributed by atoms with Gasteiger partial charge in [-0.1, -0.05) is 18.2 Å². The predicted molar refractivity (Wildman–Crippen MR) is 114 cm³/mol. The van der Waals surface area contributed by atoms with E-state index in [0.717, 1.165) is 39.1 Å². The molecule has 2 aliphatic rings. The van der Waals surface area contributed by atoms with Gasteiger partial charge in [-0.25, -0.2) is 13.4 Å². The molecule has 0 aliphatic carbocycles. The average molecular weight is 424 g/mol. The van der Waals surface area contributed by atoms with Crippen molar-refractivity contribution >= 4 is 16.0 Å². The molecule has 2 N–H and O–H groups in total. The van der Waals surface area contributed by atoms with E-state index in [2.05, 4.69) is 20.5 Å². The van der Waals surface area contributed by atoms with Crippen molar-refractivity contribution in [2.75, 3.05) is 52.9 Å². The molecule has 1 aromatic rings. The van der Waals surface area contributed by atoms with Gasteiger partial charge in [-0.15, -0.1) is 0 Å². The maximum Gasteiger partial charge on any atom is 0.243 e. The number of aliphatic imine (C=N–C) groups is 1. The molecule has 2 fully saturated rings. The Balaban J connectivity index is 1.72. The number of likely N-dealkylation sites (N-methyl/N-ethyl adjacent to an activating group) is 1. The van der Waals surface area contributed by atoms with Gasteiger partial charge in [0.25, 0.3) is 0 Å². The minimum absolute atomic E-state index is 0.212. The third kappa shape index (κ3) is 5.91. The fourth-order valence-corrected chi connectivity index (χ4v) is 5.21. The second kappa shape index (κ2) is 10.4. The molecule has 1 aromatic carbocycles. The van der Waals surface area contributed by atoms with Crippen molar-refractivity contribution in [3.8, 4) is 0 Å². The molecular formula is C20H33N5O3S. The maximum atomic E-state index is 13.2. The summed E-state index contributed by atoms with van der Waals surface area (Å²) in [6, 6.07) is 7.17. The Morgan fingerprint density at radius 3 is 2.66 bits per heavy atom. The Hall–Kier alpha value is -1.68. The molecule has 162 valence electrons. The Kier molecular flexibility index (Phi) is 7.88. The standard InChI is InChI=1S/C20H33N5O3S/c1-3-21-20(23-16-18-8-6-14-28-18)22-15-17-7-4-5-9-19(17)29(26,27)25-12-10-24(2)11-13-25/h4-5,7,9,18H,3,6,8,10-16H2,1-2H3,(H2,21,22,23). The number of hydrogen-bond acceptors (Lipinski definition) is 5. The third-order valence-corrected chi connectivity index (χ3v) is 7.32. The second-order valence-electron chi connectivity index (χ2n) is 7.53. The van der Waals surface area contributed by atoms with Crippen LogP contribution in [0.3, 0.4) is 0 Å². The molecule has 2 saturated heterocycles. The number of hydrogen-bond donors (Lipinski definition) is 2. The minimum Gasteiger partial charge on any atom is -0.376 e. The highest BCUT2D eigenvalue weighted by Crippen LogP contribution is 2.22. The Morgan fingerprint density at radius 2 is 1.97 bits per heavy atom. The van der Waals surface area contributed by atoms with Crippen molar-refractivity contribution < 1.29 is 13.2 Å². The SMILES string of the molecule is CCNC(=NCc1ccccc1S(=O)(=O)N1CCN(C)CC1)NCC1CCCO1. The highest BCUT2D eigenvalue weighted by atomic mass is 32.2. The van der Waals surface area contributed by atoms with E-state index in [1.165, 1.54) is 0 Å². The van der Waals surface area contributed by atoms with Crippen LogP contribution in [0.2, 0.25) is 0 Å². The molecule has 3 rings (SSSR count). The molecule has 29 heavy (non-hydrogen) atoms. The number of nitrogens with one attached hydrogen (secondary N) is 2. The monoisotopic (exact) mass is 423 g/mol. The Morgan fingerprint density at radius 1 is 1.21 bits per heavy atom. The van der Waals surface area contributed by atoms with Gasteiger partial charge in [0.15, 0.2) is 5.96 Å². The quantitative estimate of drug-likeness (QED) is 0.500. The Bertz CT molecular complexity index is 785. The number of piperazine rings is 1. The first kappa shape index (κ1) is 22.0. The molecule has 0 amide bonds. The van der Waals surface area contributed by atoms with Gasteiger partial charge in [0.05, 0.1) is 17.5 Å². The first-order valence-electron chi connectivity index (χ1n) is 10.4. The van der Waals surface area contributed by atoms with Gasteiger partial charge in [0.2, 0.25) is 10.0 Å². The zero-order valence-corrected chi connectivity index (χ0v) is 18.2. The molecule has 0 bridgehead atoms. The summed E-state index contributed by atoms with van der Waals surface area (Å²) in [6.45, 7) is 7.08. The van der Waals surface area contributed by atoms with Crippen molar-refractivity contribution in [1.29, 1.82) is 0 Å². The van der Waals surface area contributed by atoms with E-state index in [-0.39, 0.29) is 6.10 Å². The summed E-state index contributed by atoms with van der Waals surface area (Å²) < 4.78 is 33.6. The molecule has 0 spiro atoms. The minimum atomic E-state index is -3.53. The summed E-state index contributed by atoms with van der Waals surface area (Å²) in [7, 11) is -1.51. The van der Waals surface area contributed by atoms with Crippen molar-refractivity contribution in [2.24, 2.45) is 4.99 Å². The normalized spacial score (nSPS) is 22.0. The average Bonchev–Trinajstić information content (AvgIpc) is 3.24. The van der Waals surface area contributed by atoms with E-state index in [4.69, 9.17) is 4.74 Å². The van der Waals surface area contributed by atoms with Gasteiger partial charge in [0, 0.05) is 45.9 Å². The lowest BCUT2D eigenvalue weighted by Crippen LogP contribution is -2.47. The summed E-state index contributed by atoms with van der Waals surface area (Å²) in [6.07, 6.45) is 2.36. The lowest BCUT2D eigenvalue weighted by atomic mass is 10.2. The van der Waals surface area contributed by atoms with E-state index >= 15 is 0 Å². The van der Waals surface area contributed by atoms with Gasteiger partial charge in [0.1, 0.15) is 0 Å². The smallest absolute Gasteiger partial charge is 0.243 e. The number of sulfonamides is 1. The summed E-state index contributed by atoms with van der Waals surface area (Å²) in [5.41, 5.74) is 0.709. The highest BCUT2D eigenvalue weighted by Gasteiger charge is 2.29. The molecular weight excluding hydrogens is 390 g/mol. The van der Waals surface area contributed by atoms with Crippen LogP contribution in [0.15, 0.2) is 34.2 Å². The summed E-state index contributed by atoms with van der Waals surface area (Å²) >= 11 is 0. The molecule has 0 radical (unpaired) electrons. The van der Waals surface area contributed by atoms with Crippen LogP contribution < -0.4 is 10.6 Å². The van der Waals surface area contributed by atoms with Crippen LogP contribution in [0.1, 0.15) is 25.3 Å². The van der Waals surface area contributed by atoms with Gasteiger partial charge in [-0.3, -0.25) is 0 Å². The number of ether oxygens (including phenoxy) is 1. The van der Waals surface area contributed by atoms with Crippen molar-refractivity contribution in [2.45, 2.75) is 37.3 Å². The number of benzene rings is 1. The number of rotatable bonds is 7. The van der Waals surface area contributed by atoms with Crippen LogP contribution in [0.5, 0.6) is 0 Å². The molecule has 0 saturated carbocycles. The van der Waals surface area contributed by atoms with E-state index in [0.29, 0.717) is 42.6 Å². The van der Waals surface area contributed by atoms with Crippen molar-refractivity contribution in [3.63, 3.8) is 0 Å². The molecule has 2 aliphatic heterocycles. The lowest BCUT2D eigenvalue weighted by Gasteiger charge is -2.32. The molecule has 2 heterocycles. The summed E-state index contributed by atoms with van der Waals surface area (Å²) in [5, 5.41) is 6.53. The van der Waals surface area contributed by atoms with Crippen LogP contribution >= 0.6 is 0 Å². The molecule has 9 heteroatoms. The number of guanidine groups is 1. The zero-order chi connectivity index (χ0) is 20.7. The van der Waals surface area contributed by atoms with Crippen molar-refractivity contribution in [3.05, 3.63) is 29.8 Å². The second-order valence-corrected chi connectivity index (χ2v) is 9.43. The van der Waals surface area contributed by atoms with Gasteiger partial charge in [-0.2, -0.15) is 4.31 Å². The largest absolute Gasteiger partial charge is 0.376 e. The van der Waals surface area contributed by atoms with E-state index in [1.807, 2.05) is 26.1 Å². The van der Waals surface area contributed by atoms with Gasteiger partial charge >= 0.3 is 0 Å². The topological polar surface area (TPSA) is 86.3 Å². The Labute approximate surface area is 174 Å². The first-order valence-corrected chi connectivity index (χ1v) is 11.8. The molecule has 8 nitrogen and oxygen atoms in total. The lowest BCUT2D eigenvalue weighted by molar-refractivity contribution is 0.114. The highest BCUT2D eigenvalue weighted by molar-refractivity contribution is 7.89. The van der Waals surface area contributed by atoms with E-state index in [1.54, 1.807) is 16.4 Å². The predicted octanol–water partition coefficient (Wildman–Crippen LogP) is 0.857. The summed E-state index contributed by atoms with van der Waals surface area (Å²) in [4.78, 5) is 7.12. The van der Waals surface area contributed by atoms with Crippen LogP contribution in [0.25, 0.3) is 0 Å². The first-order chi connectivity index (χ1) is 14.0. The van der Waals surface area contributed by atoms with Crippen LogP contribution in [-0.2, 0) is 21.3 Å². The van der Waals surface area contributed by atoms with Gasteiger partial charge in [-0.05, 0) is 38.4 Å².